The van der Waals surface area contributed by atoms with Gasteiger partial charge in [-0.3, -0.25) is 0 Å². The quantitative estimate of drug-likeness (QED) is 0.788. The smallest absolute Gasteiger partial charge is 0.394 e. The van der Waals surface area contributed by atoms with Crippen molar-refractivity contribution in [3.8, 4) is 6.08 Å². The largest absolute Gasteiger partial charge is 0.453 e. The van der Waals surface area contributed by atoms with Gasteiger partial charge < -0.3 is 14.9 Å². The van der Waals surface area contributed by atoms with Gasteiger partial charge in [-0.1, -0.05) is 12.1 Å². The summed E-state index contributed by atoms with van der Waals surface area (Å²) in [4.78, 5) is 4.18. The van der Waals surface area contributed by atoms with Gasteiger partial charge in [-0.05, 0) is 18.6 Å². The molecule has 0 amide bonds. The van der Waals surface area contributed by atoms with Gasteiger partial charge in [0.05, 0.1) is 7.11 Å². The zero-order valence-corrected chi connectivity index (χ0v) is 8.15. The van der Waals surface area contributed by atoms with Crippen LogP contribution in [0.3, 0.4) is 0 Å². The third-order valence-corrected chi connectivity index (χ3v) is 2.10. The number of ether oxygens (including phenoxy) is 1. The van der Waals surface area contributed by atoms with Gasteiger partial charge in [0, 0.05) is 6.04 Å². The van der Waals surface area contributed by atoms with Crippen molar-refractivity contribution in [3.05, 3.63) is 23.8 Å². The molecule has 0 aliphatic rings. The van der Waals surface area contributed by atoms with Crippen LogP contribution in [-0.4, -0.2) is 12.1 Å². The molecule has 2 rings (SSSR count). The zero-order valence-electron chi connectivity index (χ0n) is 8.15. The SMILES string of the molecule is COc1nc2c(C(C)N)cccc2o1. The number of oxazole rings is 1. The van der Waals surface area contributed by atoms with E-state index < -0.39 is 0 Å². The van der Waals surface area contributed by atoms with Gasteiger partial charge in [0.1, 0.15) is 5.52 Å². The first-order chi connectivity index (χ1) is 6.72. The molecule has 0 aliphatic carbocycles. The van der Waals surface area contributed by atoms with Crippen LogP contribution < -0.4 is 10.5 Å². The normalized spacial score (nSPS) is 13.1. The summed E-state index contributed by atoms with van der Waals surface area (Å²) in [6, 6.07) is 5.62. The van der Waals surface area contributed by atoms with Crippen LogP contribution in [0, 0.1) is 0 Å². The van der Waals surface area contributed by atoms with Gasteiger partial charge >= 0.3 is 6.08 Å². The molecule has 1 atom stereocenters. The Morgan fingerprint density at radius 2 is 2.29 bits per heavy atom. The molecule has 1 aromatic carbocycles. The maximum atomic E-state index is 5.81. The van der Waals surface area contributed by atoms with E-state index in [1.165, 1.54) is 7.11 Å². The molecular weight excluding hydrogens is 180 g/mol. The maximum absolute atomic E-state index is 5.81. The van der Waals surface area contributed by atoms with Gasteiger partial charge in [0.25, 0.3) is 0 Å². The van der Waals surface area contributed by atoms with Gasteiger partial charge in [-0.2, -0.15) is 4.98 Å². The summed E-state index contributed by atoms with van der Waals surface area (Å²) in [5.74, 6) is 0. The Balaban J connectivity index is 2.66. The molecule has 74 valence electrons. The maximum Gasteiger partial charge on any atom is 0.394 e. The molecule has 0 radical (unpaired) electrons. The molecule has 0 saturated carbocycles. The Kier molecular flexibility index (Phi) is 2.13. The Hall–Kier alpha value is -1.55. The van der Waals surface area contributed by atoms with Crippen LogP contribution in [0.5, 0.6) is 6.08 Å². The predicted octanol–water partition coefficient (Wildman–Crippen LogP) is 1.86. The summed E-state index contributed by atoms with van der Waals surface area (Å²) in [6.45, 7) is 1.91. The summed E-state index contributed by atoms with van der Waals surface area (Å²) in [7, 11) is 1.52. The summed E-state index contributed by atoms with van der Waals surface area (Å²) in [5.41, 5.74) is 8.26. The lowest BCUT2D eigenvalue weighted by Crippen LogP contribution is -2.05. The van der Waals surface area contributed by atoms with E-state index in [1.54, 1.807) is 0 Å². The summed E-state index contributed by atoms with van der Waals surface area (Å²) < 4.78 is 10.2. The highest BCUT2D eigenvalue weighted by Gasteiger charge is 2.11. The molecule has 0 bridgehead atoms. The van der Waals surface area contributed by atoms with Crippen molar-refractivity contribution in [1.29, 1.82) is 0 Å². The van der Waals surface area contributed by atoms with Gasteiger partial charge in [-0.15, -0.1) is 0 Å². The Morgan fingerprint density at radius 1 is 1.50 bits per heavy atom. The minimum Gasteiger partial charge on any atom is -0.453 e. The highest BCUT2D eigenvalue weighted by molar-refractivity contribution is 5.77. The number of para-hydroxylation sites is 1. The molecular formula is C10H12N2O2. The fourth-order valence-corrected chi connectivity index (χ4v) is 1.40. The van der Waals surface area contributed by atoms with Crippen LogP contribution in [-0.2, 0) is 0 Å². The van der Waals surface area contributed by atoms with Crippen LogP contribution in [0.15, 0.2) is 22.6 Å². The minimum atomic E-state index is -0.0616. The zero-order chi connectivity index (χ0) is 10.1. The molecule has 0 spiro atoms. The predicted molar refractivity (Wildman–Crippen MR) is 53.2 cm³/mol. The molecule has 1 aromatic heterocycles. The number of methoxy groups -OCH3 is 1. The lowest BCUT2D eigenvalue weighted by Gasteiger charge is -2.03. The second kappa shape index (κ2) is 3.31. The summed E-state index contributed by atoms with van der Waals surface area (Å²) >= 11 is 0. The van der Waals surface area contributed by atoms with Gasteiger partial charge in [0.2, 0.25) is 0 Å². The van der Waals surface area contributed by atoms with E-state index in [0.717, 1.165) is 11.1 Å². The number of nitrogens with zero attached hydrogens (tertiary/aromatic N) is 1. The second-order valence-corrected chi connectivity index (χ2v) is 3.17. The van der Waals surface area contributed by atoms with Gasteiger partial charge in [-0.25, -0.2) is 0 Å². The molecule has 14 heavy (non-hydrogen) atoms. The van der Waals surface area contributed by atoms with Crippen LogP contribution >= 0.6 is 0 Å². The Morgan fingerprint density at radius 3 is 2.93 bits per heavy atom. The standard InChI is InChI=1S/C10H12N2O2/c1-6(11)7-4-3-5-8-9(7)12-10(13-2)14-8/h3-6H,11H2,1-2H3. The van der Waals surface area contributed by atoms with E-state index in [4.69, 9.17) is 14.9 Å². The number of benzene rings is 1. The minimum absolute atomic E-state index is 0.0616. The number of rotatable bonds is 2. The molecule has 1 heterocycles. The molecule has 1 unspecified atom stereocenters. The van der Waals surface area contributed by atoms with Crippen molar-refractivity contribution < 1.29 is 9.15 Å². The lowest BCUT2D eigenvalue weighted by molar-refractivity contribution is 0.299. The van der Waals surface area contributed by atoms with Crippen molar-refractivity contribution in [1.82, 2.24) is 4.98 Å². The van der Waals surface area contributed by atoms with Crippen LogP contribution in [0.4, 0.5) is 0 Å². The van der Waals surface area contributed by atoms with E-state index >= 15 is 0 Å². The van der Waals surface area contributed by atoms with E-state index in [2.05, 4.69) is 4.98 Å². The average molecular weight is 192 g/mol. The molecule has 2 aromatic rings. The Bertz CT molecular complexity index is 448. The molecule has 0 aliphatic heterocycles. The van der Waals surface area contributed by atoms with Crippen molar-refractivity contribution in [2.24, 2.45) is 5.73 Å². The molecule has 4 heteroatoms. The second-order valence-electron chi connectivity index (χ2n) is 3.17. The fraction of sp³-hybridized carbons (Fsp3) is 0.300. The van der Waals surface area contributed by atoms with Crippen LogP contribution in [0.25, 0.3) is 11.1 Å². The van der Waals surface area contributed by atoms with Crippen LogP contribution in [0.1, 0.15) is 18.5 Å². The highest BCUT2D eigenvalue weighted by Crippen LogP contribution is 2.25. The fourth-order valence-electron chi connectivity index (χ4n) is 1.40. The van der Waals surface area contributed by atoms with E-state index in [1.807, 2.05) is 25.1 Å². The third-order valence-electron chi connectivity index (χ3n) is 2.10. The van der Waals surface area contributed by atoms with Crippen molar-refractivity contribution in [2.75, 3.05) is 7.11 Å². The van der Waals surface area contributed by atoms with Crippen LogP contribution in [0.2, 0.25) is 0 Å². The Labute approximate surface area is 81.7 Å². The lowest BCUT2D eigenvalue weighted by atomic mass is 10.1. The van der Waals surface area contributed by atoms with Crippen molar-refractivity contribution in [2.45, 2.75) is 13.0 Å². The molecule has 0 saturated heterocycles. The molecule has 2 N–H and O–H groups in total. The molecule has 0 fully saturated rings. The third kappa shape index (κ3) is 1.33. The van der Waals surface area contributed by atoms with Crippen molar-refractivity contribution >= 4 is 11.1 Å². The summed E-state index contributed by atoms with van der Waals surface area (Å²) in [6.07, 6.45) is 0.271. The highest BCUT2D eigenvalue weighted by atomic mass is 16.6. The number of aromatic nitrogens is 1. The number of fused-ring (bicyclic) bond motifs is 1. The first-order valence-electron chi connectivity index (χ1n) is 4.41. The topological polar surface area (TPSA) is 61.3 Å². The number of hydrogen-bond acceptors (Lipinski definition) is 4. The molecule has 4 nitrogen and oxygen atoms in total. The monoisotopic (exact) mass is 192 g/mol. The van der Waals surface area contributed by atoms with E-state index in [9.17, 15) is 0 Å². The van der Waals surface area contributed by atoms with E-state index in [0.29, 0.717) is 5.58 Å². The number of nitrogens with two attached hydrogens (primary N) is 1. The number of hydrogen-bond donors (Lipinski definition) is 1. The van der Waals surface area contributed by atoms with Gasteiger partial charge in [0.15, 0.2) is 5.58 Å². The van der Waals surface area contributed by atoms with E-state index in [-0.39, 0.29) is 12.1 Å². The summed E-state index contributed by atoms with van der Waals surface area (Å²) in [5, 5.41) is 0. The van der Waals surface area contributed by atoms with Crippen molar-refractivity contribution in [3.63, 3.8) is 0 Å². The first-order valence-corrected chi connectivity index (χ1v) is 4.41. The average Bonchev–Trinajstić information content (AvgIpc) is 2.59. The first kappa shape index (κ1) is 9.02.